The molecule has 0 heterocycles. The van der Waals surface area contributed by atoms with Gasteiger partial charge >= 0.3 is 0 Å². The molecule has 1 unspecified atom stereocenters. The highest BCUT2D eigenvalue weighted by Gasteiger charge is 2.05. The second-order valence-electron chi connectivity index (χ2n) is 2.54. The Bertz CT molecular complexity index is 319. The van der Waals surface area contributed by atoms with Crippen molar-refractivity contribution in [3.05, 3.63) is 24.3 Å². The van der Waals surface area contributed by atoms with Crippen molar-refractivity contribution < 1.29 is 4.74 Å². The lowest BCUT2D eigenvalue weighted by molar-refractivity contribution is 0.270. The zero-order chi connectivity index (χ0) is 9.68. The lowest BCUT2D eigenvalue weighted by Crippen LogP contribution is -2.08. The van der Waals surface area contributed by atoms with Crippen molar-refractivity contribution >= 4 is 11.8 Å². The van der Waals surface area contributed by atoms with E-state index in [1.807, 2.05) is 36.6 Å². The van der Waals surface area contributed by atoms with Gasteiger partial charge in [0.2, 0.25) is 0 Å². The van der Waals surface area contributed by atoms with Gasteiger partial charge in [0.1, 0.15) is 11.8 Å². The lowest BCUT2D eigenvalue weighted by Gasteiger charge is -2.10. The highest BCUT2D eigenvalue weighted by atomic mass is 32.2. The second kappa shape index (κ2) is 4.78. The maximum atomic E-state index is 8.58. The summed E-state index contributed by atoms with van der Waals surface area (Å²) in [6.07, 6.45) is 1.59. The van der Waals surface area contributed by atoms with Crippen LogP contribution in [0.2, 0.25) is 0 Å². The summed E-state index contributed by atoms with van der Waals surface area (Å²) in [7, 11) is 0. The van der Waals surface area contributed by atoms with Crippen molar-refractivity contribution in [2.75, 3.05) is 6.26 Å². The number of benzene rings is 1. The van der Waals surface area contributed by atoms with Crippen molar-refractivity contribution in [1.82, 2.24) is 0 Å². The number of nitriles is 1. The van der Waals surface area contributed by atoms with Crippen LogP contribution in [0.25, 0.3) is 0 Å². The average molecular weight is 193 g/mol. The summed E-state index contributed by atoms with van der Waals surface area (Å²) in [6.45, 7) is 1.73. The van der Waals surface area contributed by atoms with Gasteiger partial charge in [0, 0.05) is 4.90 Å². The molecular formula is C10H11NOS. The van der Waals surface area contributed by atoms with Crippen LogP contribution in [0.15, 0.2) is 29.2 Å². The van der Waals surface area contributed by atoms with Gasteiger partial charge in [-0.15, -0.1) is 11.8 Å². The molecule has 0 radical (unpaired) electrons. The van der Waals surface area contributed by atoms with E-state index in [1.165, 1.54) is 0 Å². The summed E-state index contributed by atoms with van der Waals surface area (Å²) in [4.78, 5) is 1.06. The second-order valence-corrected chi connectivity index (χ2v) is 3.39. The molecule has 0 N–H and O–H groups in total. The van der Waals surface area contributed by atoms with Crippen LogP contribution < -0.4 is 4.74 Å². The molecule has 13 heavy (non-hydrogen) atoms. The molecule has 2 nitrogen and oxygen atoms in total. The van der Waals surface area contributed by atoms with Crippen molar-refractivity contribution in [1.29, 1.82) is 5.26 Å². The Morgan fingerprint density at radius 3 is 2.77 bits per heavy atom. The Morgan fingerprint density at radius 1 is 1.46 bits per heavy atom. The number of rotatable bonds is 3. The normalized spacial score (nSPS) is 11.8. The minimum atomic E-state index is -0.395. The summed E-state index contributed by atoms with van der Waals surface area (Å²) in [6, 6.07) is 9.74. The summed E-state index contributed by atoms with van der Waals surface area (Å²) in [5.74, 6) is 0.782. The van der Waals surface area contributed by atoms with Crippen LogP contribution >= 0.6 is 11.8 Å². The number of nitrogens with zero attached hydrogens (tertiary/aromatic N) is 1. The van der Waals surface area contributed by atoms with Gasteiger partial charge in [-0.3, -0.25) is 0 Å². The molecule has 68 valence electrons. The maximum Gasteiger partial charge on any atom is 0.181 e. The Kier molecular flexibility index (Phi) is 3.66. The topological polar surface area (TPSA) is 33.0 Å². The number of hydrogen-bond acceptors (Lipinski definition) is 3. The van der Waals surface area contributed by atoms with Crippen LogP contribution in [-0.2, 0) is 0 Å². The third kappa shape index (κ3) is 2.67. The minimum absolute atomic E-state index is 0.395. The van der Waals surface area contributed by atoms with Gasteiger partial charge in [-0.1, -0.05) is 12.1 Å². The van der Waals surface area contributed by atoms with Gasteiger partial charge in [0.25, 0.3) is 0 Å². The Hall–Kier alpha value is -1.14. The Balaban J connectivity index is 2.82. The Morgan fingerprint density at radius 2 is 2.15 bits per heavy atom. The third-order valence-electron chi connectivity index (χ3n) is 1.55. The molecular weight excluding hydrogens is 182 g/mol. The highest BCUT2D eigenvalue weighted by Crippen LogP contribution is 2.27. The largest absolute Gasteiger partial charge is 0.475 e. The van der Waals surface area contributed by atoms with Crippen LogP contribution in [0.3, 0.4) is 0 Å². The smallest absolute Gasteiger partial charge is 0.181 e. The van der Waals surface area contributed by atoms with Gasteiger partial charge in [-0.25, -0.2) is 0 Å². The van der Waals surface area contributed by atoms with Crippen LogP contribution in [0.4, 0.5) is 0 Å². The van der Waals surface area contributed by atoms with E-state index in [9.17, 15) is 0 Å². The van der Waals surface area contributed by atoms with Gasteiger partial charge in [-0.05, 0) is 25.3 Å². The van der Waals surface area contributed by atoms with Crippen LogP contribution in [0.5, 0.6) is 5.75 Å². The van der Waals surface area contributed by atoms with Crippen LogP contribution in [0, 0.1) is 11.3 Å². The van der Waals surface area contributed by atoms with Crippen molar-refractivity contribution in [3.8, 4) is 11.8 Å². The van der Waals surface area contributed by atoms with Gasteiger partial charge < -0.3 is 4.74 Å². The first-order valence-electron chi connectivity index (χ1n) is 3.97. The molecule has 0 fully saturated rings. The van der Waals surface area contributed by atoms with Gasteiger partial charge in [-0.2, -0.15) is 5.26 Å². The molecule has 0 aromatic heterocycles. The first-order valence-corrected chi connectivity index (χ1v) is 5.19. The predicted molar refractivity (Wildman–Crippen MR) is 53.9 cm³/mol. The Labute approximate surface area is 82.5 Å². The summed E-state index contributed by atoms with van der Waals surface area (Å²) < 4.78 is 5.40. The van der Waals surface area contributed by atoms with E-state index in [-0.39, 0.29) is 0 Å². The number of para-hydroxylation sites is 1. The predicted octanol–water partition coefficient (Wildman–Crippen LogP) is 2.70. The first-order chi connectivity index (χ1) is 6.27. The van der Waals surface area contributed by atoms with E-state index in [2.05, 4.69) is 0 Å². The molecule has 0 aliphatic rings. The fourth-order valence-electron chi connectivity index (χ4n) is 0.933. The SMILES string of the molecule is CSc1ccccc1OC(C)C#N. The van der Waals surface area contributed by atoms with Crippen molar-refractivity contribution in [2.45, 2.75) is 17.9 Å². The standard InChI is InChI=1S/C10H11NOS/c1-8(7-11)12-9-5-3-4-6-10(9)13-2/h3-6,8H,1-2H3. The monoisotopic (exact) mass is 193 g/mol. The average Bonchev–Trinajstić information content (AvgIpc) is 2.18. The van der Waals surface area contributed by atoms with Gasteiger partial charge in [0.15, 0.2) is 6.10 Å². The van der Waals surface area contributed by atoms with Crippen molar-refractivity contribution in [2.24, 2.45) is 0 Å². The zero-order valence-corrected chi connectivity index (χ0v) is 8.47. The van der Waals surface area contributed by atoms with E-state index in [4.69, 9.17) is 10.00 Å². The van der Waals surface area contributed by atoms with Crippen LogP contribution in [0.1, 0.15) is 6.92 Å². The number of ether oxygens (including phenoxy) is 1. The van der Waals surface area contributed by atoms with E-state index >= 15 is 0 Å². The van der Waals surface area contributed by atoms with E-state index in [0.717, 1.165) is 10.6 Å². The van der Waals surface area contributed by atoms with E-state index in [0.29, 0.717) is 0 Å². The third-order valence-corrected chi connectivity index (χ3v) is 2.33. The summed E-state index contributed by atoms with van der Waals surface area (Å²) in [5.41, 5.74) is 0. The summed E-state index contributed by atoms with van der Waals surface area (Å²) in [5, 5.41) is 8.58. The molecule has 0 aliphatic heterocycles. The quantitative estimate of drug-likeness (QED) is 0.692. The molecule has 0 spiro atoms. The molecule has 0 bridgehead atoms. The van der Waals surface area contributed by atoms with Gasteiger partial charge in [0.05, 0.1) is 0 Å². The zero-order valence-electron chi connectivity index (χ0n) is 7.65. The van der Waals surface area contributed by atoms with Crippen LogP contribution in [-0.4, -0.2) is 12.4 Å². The molecule has 0 saturated carbocycles. The van der Waals surface area contributed by atoms with Crippen molar-refractivity contribution in [3.63, 3.8) is 0 Å². The molecule has 1 aromatic rings. The maximum absolute atomic E-state index is 8.58. The molecule has 1 atom stereocenters. The van der Waals surface area contributed by atoms with E-state index in [1.54, 1.807) is 18.7 Å². The molecule has 1 aromatic carbocycles. The molecule has 0 saturated heterocycles. The number of thioether (sulfide) groups is 1. The lowest BCUT2D eigenvalue weighted by atomic mass is 10.3. The number of hydrogen-bond donors (Lipinski definition) is 0. The first kappa shape index (κ1) is 9.94. The minimum Gasteiger partial charge on any atom is -0.475 e. The highest BCUT2D eigenvalue weighted by molar-refractivity contribution is 7.98. The van der Waals surface area contributed by atoms with E-state index < -0.39 is 6.10 Å². The molecule has 0 aliphatic carbocycles. The molecule has 0 amide bonds. The molecule has 1 rings (SSSR count). The fraction of sp³-hybridized carbons (Fsp3) is 0.300. The summed E-state index contributed by atoms with van der Waals surface area (Å²) >= 11 is 1.61. The fourth-order valence-corrected chi connectivity index (χ4v) is 1.46. The molecule has 3 heteroatoms.